The average Bonchev–Trinajstić information content (AvgIpc) is 2.74. The second-order valence-corrected chi connectivity index (χ2v) is 8.40. The second kappa shape index (κ2) is 21.8. The van der Waals surface area contributed by atoms with Crippen molar-refractivity contribution in [2.24, 2.45) is 0 Å². The van der Waals surface area contributed by atoms with Crippen LogP contribution >= 0.6 is 0 Å². The van der Waals surface area contributed by atoms with E-state index in [0.717, 1.165) is 45.1 Å². The molecule has 0 fully saturated rings. The third kappa shape index (κ3) is 15.1. The predicted octanol–water partition coefficient (Wildman–Crippen LogP) is 7.47. The predicted molar refractivity (Wildman–Crippen MR) is 117 cm³/mol. The van der Waals surface area contributed by atoms with E-state index < -0.39 is 5.97 Å². The van der Waals surface area contributed by atoms with Gasteiger partial charge in [0.05, 0.1) is 0 Å². The zero-order valence-electron chi connectivity index (χ0n) is 19.9. The van der Waals surface area contributed by atoms with Crippen molar-refractivity contribution < 1.29 is 38.4 Å². The van der Waals surface area contributed by atoms with Crippen LogP contribution < -0.4 is 0 Å². The van der Waals surface area contributed by atoms with Crippen LogP contribution in [-0.4, -0.2) is 31.9 Å². The van der Waals surface area contributed by atoms with Gasteiger partial charge in [-0.3, -0.25) is 0 Å². The van der Waals surface area contributed by atoms with Gasteiger partial charge >= 0.3 is 194 Å². The van der Waals surface area contributed by atoms with Gasteiger partial charge in [-0.2, -0.15) is 0 Å². The average molecular weight is 450 g/mol. The van der Waals surface area contributed by atoms with Crippen LogP contribution in [0.15, 0.2) is 0 Å². The molecule has 0 radical (unpaired) electrons. The Hall–Kier alpha value is 0.554. The minimum atomic E-state index is -1.07. The van der Waals surface area contributed by atoms with E-state index in [1.807, 2.05) is 0 Å². The summed E-state index contributed by atoms with van der Waals surface area (Å²) in [5.41, 5.74) is 0. The van der Waals surface area contributed by atoms with Crippen molar-refractivity contribution in [3.05, 3.63) is 0 Å². The monoisotopic (exact) mass is 449 g/mol. The van der Waals surface area contributed by atoms with Crippen molar-refractivity contribution in [1.29, 1.82) is 0 Å². The third-order valence-corrected chi connectivity index (χ3v) is 5.72. The van der Waals surface area contributed by atoms with Gasteiger partial charge in [-0.05, 0) is 0 Å². The Labute approximate surface area is 194 Å². The molecule has 5 heteroatoms. The van der Waals surface area contributed by atoms with Gasteiger partial charge < -0.3 is 0 Å². The molecule has 0 spiro atoms. The third-order valence-electron chi connectivity index (χ3n) is 5.28. The number of hydrogen-bond acceptors (Lipinski definition) is 4. The molecule has 0 aromatic rings. The second-order valence-electron chi connectivity index (χ2n) is 8.09. The molecule has 0 aliphatic heterocycles. The maximum atomic E-state index is 6.33. The molecule has 0 aliphatic rings. The molecule has 173 valence electrons. The van der Waals surface area contributed by atoms with E-state index in [2.05, 4.69) is 27.7 Å². The molecule has 4 nitrogen and oxygen atoms in total. The summed E-state index contributed by atoms with van der Waals surface area (Å²) >= 11 is 1.71. The Kier molecular flexibility index (Phi) is 22.2. The van der Waals surface area contributed by atoms with Gasteiger partial charge in [-0.15, -0.1) is 0 Å². The molecular weight excluding hydrogens is 400 g/mol. The first-order chi connectivity index (χ1) is 14.2. The molecule has 0 amide bonds. The molecule has 0 aromatic carbocycles. The van der Waals surface area contributed by atoms with Crippen molar-refractivity contribution in [1.82, 2.24) is 0 Å². The van der Waals surface area contributed by atoms with Gasteiger partial charge in [0, 0.05) is 0 Å². The number of rotatable bonds is 23. The first-order valence-electron chi connectivity index (χ1n) is 12.4. The summed E-state index contributed by atoms with van der Waals surface area (Å²) in [5, 5.41) is 0. The maximum absolute atomic E-state index is 6.33. The fraction of sp³-hybridized carbons (Fsp3) is 1.00. The molecule has 0 aliphatic carbocycles. The Balaban J connectivity index is 4.94. The van der Waals surface area contributed by atoms with Crippen LogP contribution in [0.1, 0.15) is 124 Å². The molecule has 0 aromatic heterocycles. The van der Waals surface area contributed by atoms with E-state index in [0.29, 0.717) is 13.2 Å². The van der Waals surface area contributed by atoms with Crippen molar-refractivity contribution in [2.75, 3.05) is 19.8 Å². The molecule has 0 bridgehead atoms. The molecule has 29 heavy (non-hydrogen) atoms. The molecule has 1 atom stereocenters. The Bertz CT molecular complexity index is 314. The summed E-state index contributed by atoms with van der Waals surface area (Å²) in [6.45, 7) is 11.0. The number of ether oxygens (including phenoxy) is 3. The molecule has 0 heterocycles. The van der Waals surface area contributed by atoms with Gasteiger partial charge in [0.1, 0.15) is 0 Å². The molecule has 1 unspecified atom stereocenters. The van der Waals surface area contributed by atoms with Gasteiger partial charge in [0.15, 0.2) is 0 Å². The van der Waals surface area contributed by atoms with Gasteiger partial charge in [-0.1, -0.05) is 0 Å². The van der Waals surface area contributed by atoms with E-state index in [-0.39, 0.29) is 6.10 Å². The van der Waals surface area contributed by atoms with Gasteiger partial charge in [-0.25, -0.2) is 0 Å². The Morgan fingerprint density at radius 2 is 1.03 bits per heavy atom. The van der Waals surface area contributed by atoms with Crippen LogP contribution in [0.4, 0.5) is 0 Å². The topological polar surface area (TPSA) is 36.9 Å². The van der Waals surface area contributed by atoms with Crippen LogP contribution in [-0.2, 0) is 38.4 Å². The Morgan fingerprint density at radius 1 is 0.586 bits per heavy atom. The minimum absolute atomic E-state index is 0.175. The summed E-state index contributed by atoms with van der Waals surface area (Å²) in [6.07, 6.45) is 17.1. The fourth-order valence-electron chi connectivity index (χ4n) is 3.34. The number of hydrogen-bond donors (Lipinski definition) is 0. The summed E-state index contributed by atoms with van der Waals surface area (Å²) in [7, 11) is 0. The molecular formula is C24H49O4Ti. The summed E-state index contributed by atoms with van der Waals surface area (Å²) < 4.78 is 24.8. The Morgan fingerprint density at radius 3 is 1.45 bits per heavy atom. The van der Waals surface area contributed by atoms with Crippen molar-refractivity contribution >= 4 is 0 Å². The SMILES string of the molecule is CCCCCCOC(CCCC)C([O][Ti])(OCCCCCC)OCCCCCC. The first-order valence-corrected chi connectivity index (χ1v) is 13.1. The molecule has 0 N–H and O–H groups in total. The van der Waals surface area contributed by atoms with Crippen molar-refractivity contribution in [3.8, 4) is 0 Å². The van der Waals surface area contributed by atoms with Crippen molar-refractivity contribution in [3.63, 3.8) is 0 Å². The fourth-order valence-corrected chi connectivity index (χ4v) is 3.73. The zero-order chi connectivity index (χ0) is 21.6. The quantitative estimate of drug-likeness (QED) is 0.0921. The van der Waals surface area contributed by atoms with Gasteiger partial charge in [0.2, 0.25) is 0 Å². The standard InChI is InChI=1S/C24H49O4.Ti/c1-5-9-13-16-20-26-23(19-12-8-4)24(25,27-21-17-14-10-6-2)28-22-18-15-11-7-3;/h23H,5-22H2,1-4H3;/q-1;+1. The van der Waals surface area contributed by atoms with E-state index in [1.54, 1.807) is 20.8 Å². The van der Waals surface area contributed by atoms with Gasteiger partial charge in [0.25, 0.3) is 0 Å². The van der Waals surface area contributed by atoms with Crippen molar-refractivity contribution in [2.45, 2.75) is 136 Å². The van der Waals surface area contributed by atoms with E-state index in [9.17, 15) is 0 Å². The normalized spacial score (nSPS) is 13.1. The van der Waals surface area contributed by atoms with E-state index in [1.165, 1.54) is 57.8 Å². The molecule has 0 saturated carbocycles. The van der Waals surface area contributed by atoms with E-state index in [4.69, 9.17) is 17.5 Å². The zero-order valence-corrected chi connectivity index (χ0v) is 21.5. The number of unbranched alkanes of at least 4 members (excludes halogenated alkanes) is 10. The van der Waals surface area contributed by atoms with Crippen LogP contribution in [0, 0.1) is 0 Å². The van der Waals surface area contributed by atoms with Crippen LogP contribution in [0.2, 0.25) is 0 Å². The molecule has 0 rings (SSSR count). The summed E-state index contributed by atoms with van der Waals surface area (Å²) in [5.74, 6) is -1.07. The summed E-state index contributed by atoms with van der Waals surface area (Å²) in [4.78, 5) is 0. The van der Waals surface area contributed by atoms with Crippen LogP contribution in [0.5, 0.6) is 0 Å². The summed E-state index contributed by atoms with van der Waals surface area (Å²) in [6, 6.07) is 0. The molecule has 0 saturated heterocycles. The first kappa shape index (κ1) is 29.6. The van der Waals surface area contributed by atoms with E-state index >= 15 is 0 Å². The van der Waals surface area contributed by atoms with Crippen LogP contribution in [0.3, 0.4) is 0 Å². The van der Waals surface area contributed by atoms with Crippen LogP contribution in [0.25, 0.3) is 0 Å².